The average molecular weight is 251 g/mol. The second-order valence-electron chi connectivity index (χ2n) is 5.38. The summed E-state index contributed by atoms with van der Waals surface area (Å²) in [6.45, 7) is 4.82. The highest BCUT2D eigenvalue weighted by Crippen LogP contribution is 2.36. The SMILES string of the molecule is CC(C)(CN)c1nn2c(C3CCC3)nnc2s1. The molecule has 1 aliphatic rings. The fraction of sp³-hybridized carbons (Fsp3) is 0.727. The highest BCUT2D eigenvalue weighted by atomic mass is 32.1. The molecule has 0 atom stereocenters. The van der Waals surface area contributed by atoms with E-state index in [1.807, 2.05) is 4.52 Å². The third-order valence-electron chi connectivity index (χ3n) is 3.57. The monoisotopic (exact) mass is 251 g/mol. The van der Waals surface area contributed by atoms with Gasteiger partial charge in [0.25, 0.3) is 0 Å². The largest absolute Gasteiger partial charge is 0.330 e. The van der Waals surface area contributed by atoms with Crippen molar-refractivity contribution >= 4 is 16.3 Å². The molecule has 2 heterocycles. The van der Waals surface area contributed by atoms with Crippen molar-refractivity contribution in [1.29, 1.82) is 0 Å². The summed E-state index contributed by atoms with van der Waals surface area (Å²) < 4.78 is 1.92. The number of nitrogens with zero attached hydrogens (tertiary/aromatic N) is 4. The molecule has 3 rings (SSSR count). The second-order valence-corrected chi connectivity index (χ2v) is 6.33. The third-order valence-corrected chi connectivity index (χ3v) is 4.84. The molecule has 0 saturated heterocycles. The molecule has 2 N–H and O–H groups in total. The lowest BCUT2D eigenvalue weighted by Gasteiger charge is -2.22. The number of hydrogen-bond donors (Lipinski definition) is 1. The molecule has 17 heavy (non-hydrogen) atoms. The lowest BCUT2D eigenvalue weighted by molar-refractivity contribution is 0.393. The highest BCUT2D eigenvalue weighted by molar-refractivity contribution is 7.16. The van der Waals surface area contributed by atoms with Crippen LogP contribution in [-0.2, 0) is 5.41 Å². The van der Waals surface area contributed by atoms with Crippen LogP contribution < -0.4 is 5.73 Å². The number of fused-ring (bicyclic) bond motifs is 1. The number of hydrogen-bond acceptors (Lipinski definition) is 5. The second kappa shape index (κ2) is 3.74. The molecule has 0 spiro atoms. The first kappa shape index (κ1) is 11.1. The van der Waals surface area contributed by atoms with E-state index >= 15 is 0 Å². The van der Waals surface area contributed by atoms with E-state index in [0.29, 0.717) is 12.5 Å². The predicted molar refractivity (Wildman–Crippen MR) is 67.3 cm³/mol. The molecular formula is C11H17N5S. The fourth-order valence-corrected chi connectivity index (χ4v) is 2.87. The van der Waals surface area contributed by atoms with Gasteiger partial charge in [-0.05, 0) is 12.8 Å². The normalized spacial score (nSPS) is 17.6. The van der Waals surface area contributed by atoms with Crippen LogP contribution >= 0.6 is 11.3 Å². The lowest BCUT2D eigenvalue weighted by Crippen LogP contribution is -2.28. The van der Waals surface area contributed by atoms with Crippen LogP contribution in [0.3, 0.4) is 0 Å². The van der Waals surface area contributed by atoms with E-state index in [2.05, 4.69) is 29.1 Å². The Hall–Kier alpha value is -1.01. The van der Waals surface area contributed by atoms with Crippen molar-refractivity contribution in [2.75, 3.05) is 6.54 Å². The first-order chi connectivity index (χ1) is 8.12. The van der Waals surface area contributed by atoms with Gasteiger partial charge >= 0.3 is 0 Å². The average Bonchev–Trinajstić information content (AvgIpc) is 2.77. The fourth-order valence-electron chi connectivity index (χ4n) is 1.91. The molecule has 0 radical (unpaired) electrons. The van der Waals surface area contributed by atoms with Gasteiger partial charge in [-0.2, -0.15) is 9.61 Å². The molecule has 1 aliphatic carbocycles. The van der Waals surface area contributed by atoms with Crippen molar-refractivity contribution in [1.82, 2.24) is 19.8 Å². The first-order valence-corrected chi connectivity index (χ1v) is 6.86. The van der Waals surface area contributed by atoms with Crippen LogP contribution in [0.15, 0.2) is 0 Å². The summed E-state index contributed by atoms with van der Waals surface area (Å²) in [5, 5.41) is 14.2. The summed E-state index contributed by atoms with van der Waals surface area (Å²) in [7, 11) is 0. The Balaban J connectivity index is 2.04. The Morgan fingerprint density at radius 2 is 2.18 bits per heavy atom. The minimum Gasteiger partial charge on any atom is -0.330 e. The van der Waals surface area contributed by atoms with E-state index in [1.54, 1.807) is 11.3 Å². The van der Waals surface area contributed by atoms with Gasteiger partial charge in [0.05, 0.1) is 0 Å². The molecule has 0 aliphatic heterocycles. The zero-order valence-corrected chi connectivity index (χ0v) is 11.0. The smallest absolute Gasteiger partial charge is 0.234 e. The molecule has 2 aromatic heterocycles. The van der Waals surface area contributed by atoms with Crippen molar-refractivity contribution in [2.24, 2.45) is 5.73 Å². The zero-order valence-electron chi connectivity index (χ0n) is 10.2. The Labute approximate surface area is 104 Å². The minimum atomic E-state index is -0.0811. The molecule has 1 fully saturated rings. The van der Waals surface area contributed by atoms with Gasteiger partial charge in [-0.3, -0.25) is 0 Å². The topological polar surface area (TPSA) is 69.1 Å². The van der Waals surface area contributed by atoms with Crippen LogP contribution in [0.4, 0.5) is 0 Å². The van der Waals surface area contributed by atoms with Gasteiger partial charge in [-0.25, -0.2) is 0 Å². The molecule has 0 bridgehead atoms. The highest BCUT2D eigenvalue weighted by Gasteiger charge is 2.29. The molecule has 1 saturated carbocycles. The lowest BCUT2D eigenvalue weighted by atomic mass is 9.85. The summed E-state index contributed by atoms with van der Waals surface area (Å²) in [6, 6.07) is 0. The summed E-state index contributed by atoms with van der Waals surface area (Å²) in [5.74, 6) is 1.59. The van der Waals surface area contributed by atoms with Gasteiger partial charge in [-0.15, -0.1) is 10.2 Å². The van der Waals surface area contributed by atoms with Crippen molar-refractivity contribution in [3.8, 4) is 0 Å². The maximum atomic E-state index is 5.79. The molecule has 0 unspecified atom stereocenters. The molecular weight excluding hydrogens is 234 g/mol. The Bertz CT molecular complexity index is 537. The van der Waals surface area contributed by atoms with Crippen LogP contribution in [0.5, 0.6) is 0 Å². The van der Waals surface area contributed by atoms with Crippen molar-refractivity contribution in [3.05, 3.63) is 10.8 Å². The maximum absolute atomic E-state index is 5.79. The maximum Gasteiger partial charge on any atom is 0.234 e. The van der Waals surface area contributed by atoms with E-state index in [1.165, 1.54) is 19.3 Å². The van der Waals surface area contributed by atoms with E-state index in [4.69, 9.17) is 5.73 Å². The molecule has 0 aromatic carbocycles. The Morgan fingerprint density at radius 3 is 2.76 bits per heavy atom. The summed E-state index contributed by atoms with van der Waals surface area (Å²) >= 11 is 1.60. The summed E-state index contributed by atoms with van der Waals surface area (Å²) in [4.78, 5) is 0.892. The molecule has 6 heteroatoms. The summed E-state index contributed by atoms with van der Waals surface area (Å²) in [6.07, 6.45) is 3.73. The molecule has 92 valence electrons. The molecule has 0 amide bonds. The van der Waals surface area contributed by atoms with Crippen LogP contribution in [0.2, 0.25) is 0 Å². The van der Waals surface area contributed by atoms with E-state index in [-0.39, 0.29) is 5.41 Å². The van der Waals surface area contributed by atoms with Crippen molar-refractivity contribution in [3.63, 3.8) is 0 Å². The number of aromatic nitrogens is 4. The van der Waals surface area contributed by atoms with Crippen LogP contribution in [-0.4, -0.2) is 26.4 Å². The Kier molecular flexibility index (Phi) is 2.45. The van der Waals surface area contributed by atoms with E-state index in [9.17, 15) is 0 Å². The predicted octanol–water partition coefficient (Wildman–Crippen LogP) is 1.69. The van der Waals surface area contributed by atoms with Gasteiger partial charge in [-0.1, -0.05) is 31.6 Å². The zero-order chi connectivity index (χ0) is 12.0. The first-order valence-electron chi connectivity index (χ1n) is 6.04. The van der Waals surface area contributed by atoms with Crippen LogP contribution in [0.1, 0.15) is 49.9 Å². The minimum absolute atomic E-state index is 0.0811. The quantitative estimate of drug-likeness (QED) is 0.901. The third kappa shape index (κ3) is 1.66. The van der Waals surface area contributed by atoms with Gasteiger partial charge in [0.2, 0.25) is 4.96 Å². The van der Waals surface area contributed by atoms with Crippen molar-refractivity contribution in [2.45, 2.75) is 44.4 Å². The van der Waals surface area contributed by atoms with Crippen LogP contribution in [0.25, 0.3) is 4.96 Å². The standard InChI is InChI=1S/C11H17N5S/c1-11(2,6-12)9-15-16-8(7-4-3-5-7)13-14-10(16)17-9/h7H,3-6,12H2,1-2H3. The van der Waals surface area contributed by atoms with Gasteiger partial charge in [0, 0.05) is 17.9 Å². The number of nitrogens with two attached hydrogens (primary N) is 1. The molecule has 5 nitrogen and oxygen atoms in total. The van der Waals surface area contributed by atoms with Gasteiger partial charge in [0.15, 0.2) is 5.82 Å². The molecule has 2 aromatic rings. The van der Waals surface area contributed by atoms with Gasteiger partial charge < -0.3 is 5.73 Å². The van der Waals surface area contributed by atoms with E-state index < -0.39 is 0 Å². The van der Waals surface area contributed by atoms with E-state index in [0.717, 1.165) is 15.8 Å². The number of rotatable bonds is 3. The Morgan fingerprint density at radius 1 is 1.41 bits per heavy atom. The van der Waals surface area contributed by atoms with Crippen molar-refractivity contribution < 1.29 is 0 Å². The van der Waals surface area contributed by atoms with Crippen LogP contribution in [0, 0.1) is 0 Å². The summed E-state index contributed by atoms with van der Waals surface area (Å²) in [5.41, 5.74) is 5.70. The van der Waals surface area contributed by atoms with Gasteiger partial charge in [0.1, 0.15) is 5.01 Å².